The Bertz CT molecular complexity index is 440. The Kier molecular flexibility index (Phi) is 7.54. The van der Waals surface area contributed by atoms with Crippen LogP contribution < -0.4 is 5.32 Å². The molecule has 112 valence electrons. The van der Waals surface area contributed by atoms with E-state index in [1.54, 1.807) is 17.0 Å². The van der Waals surface area contributed by atoms with Gasteiger partial charge in [-0.2, -0.15) is 0 Å². The number of hydrogen-bond donors (Lipinski definition) is 3. The predicted molar refractivity (Wildman–Crippen MR) is 80.0 cm³/mol. The van der Waals surface area contributed by atoms with E-state index in [-0.39, 0.29) is 25.7 Å². The Morgan fingerprint density at radius 3 is 2.65 bits per heavy atom. The van der Waals surface area contributed by atoms with Crippen LogP contribution in [0.2, 0.25) is 5.02 Å². The van der Waals surface area contributed by atoms with Gasteiger partial charge in [-0.25, -0.2) is 0 Å². The lowest BCUT2D eigenvalue weighted by molar-refractivity contribution is -0.117. The third-order valence-corrected chi connectivity index (χ3v) is 3.28. The van der Waals surface area contributed by atoms with Crippen LogP contribution in [0.1, 0.15) is 12.0 Å². The van der Waals surface area contributed by atoms with E-state index >= 15 is 0 Å². The van der Waals surface area contributed by atoms with Gasteiger partial charge < -0.3 is 15.5 Å². The van der Waals surface area contributed by atoms with Crippen molar-refractivity contribution in [2.75, 3.05) is 38.2 Å². The summed E-state index contributed by atoms with van der Waals surface area (Å²) in [6, 6.07) is 5.34. The zero-order chi connectivity index (χ0) is 15.0. The summed E-state index contributed by atoms with van der Waals surface area (Å²) >= 11 is 6.00. The van der Waals surface area contributed by atoms with Crippen LogP contribution in [0, 0.1) is 6.92 Å². The van der Waals surface area contributed by atoms with Crippen molar-refractivity contribution in [3.05, 3.63) is 28.8 Å². The van der Waals surface area contributed by atoms with Crippen LogP contribution in [0.4, 0.5) is 5.69 Å². The molecule has 0 aromatic heterocycles. The normalized spacial score (nSPS) is 10.8. The van der Waals surface area contributed by atoms with Gasteiger partial charge in [0.2, 0.25) is 5.91 Å². The third kappa shape index (κ3) is 5.88. The van der Waals surface area contributed by atoms with Crippen molar-refractivity contribution >= 4 is 23.2 Å². The molecule has 0 heterocycles. The Morgan fingerprint density at radius 2 is 2.05 bits per heavy atom. The highest BCUT2D eigenvalue weighted by Crippen LogP contribution is 2.19. The van der Waals surface area contributed by atoms with Gasteiger partial charge in [0, 0.05) is 30.4 Å². The number of aliphatic hydroxyl groups excluding tert-OH is 2. The molecule has 0 aliphatic rings. The summed E-state index contributed by atoms with van der Waals surface area (Å²) in [5.41, 5.74) is 1.60. The maximum atomic E-state index is 11.9. The number of halogens is 1. The number of benzene rings is 1. The molecular formula is C14H21ClN2O3. The number of carbonyl (C=O) groups is 1. The first-order valence-corrected chi connectivity index (χ1v) is 6.94. The second-order valence-corrected chi connectivity index (χ2v) is 5.00. The van der Waals surface area contributed by atoms with Crippen molar-refractivity contribution in [1.82, 2.24) is 4.90 Å². The molecular weight excluding hydrogens is 280 g/mol. The standard InChI is InChI=1S/C14H21ClN2O3/c1-11-3-4-12(9-13(11)15)16-14(20)10-17(6-8-19)5-2-7-18/h3-4,9,18-19H,2,5-8,10H2,1H3,(H,16,20). The van der Waals surface area contributed by atoms with Crippen LogP contribution >= 0.6 is 11.6 Å². The van der Waals surface area contributed by atoms with Crippen molar-refractivity contribution in [2.45, 2.75) is 13.3 Å². The number of aliphatic hydroxyl groups is 2. The van der Waals surface area contributed by atoms with Gasteiger partial charge in [0.1, 0.15) is 0 Å². The van der Waals surface area contributed by atoms with Gasteiger partial charge >= 0.3 is 0 Å². The van der Waals surface area contributed by atoms with E-state index in [1.165, 1.54) is 0 Å². The van der Waals surface area contributed by atoms with E-state index < -0.39 is 0 Å². The van der Waals surface area contributed by atoms with Crippen molar-refractivity contribution in [1.29, 1.82) is 0 Å². The van der Waals surface area contributed by atoms with Crippen LogP contribution in [-0.4, -0.2) is 53.9 Å². The highest BCUT2D eigenvalue weighted by atomic mass is 35.5. The van der Waals surface area contributed by atoms with Crippen LogP contribution in [-0.2, 0) is 4.79 Å². The molecule has 0 radical (unpaired) electrons. The molecule has 0 aliphatic carbocycles. The molecule has 0 atom stereocenters. The summed E-state index contributed by atoms with van der Waals surface area (Å²) in [5, 5.41) is 21.1. The minimum Gasteiger partial charge on any atom is -0.396 e. The van der Waals surface area contributed by atoms with E-state index in [0.717, 1.165) is 5.56 Å². The molecule has 0 spiro atoms. The number of carbonyl (C=O) groups excluding carboxylic acids is 1. The maximum absolute atomic E-state index is 11.9. The summed E-state index contributed by atoms with van der Waals surface area (Å²) in [6.07, 6.45) is 0.573. The molecule has 3 N–H and O–H groups in total. The van der Waals surface area contributed by atoms with Gasteiger partial charge in [0.05, 0.1) is 13.2 Å². The van der Waals surface area contributed by atoms with Gasteiger partial charge in [0.25, 0.3) is 0 Å². The summed E-state index contributed by atoms with van der Waals surface area (Å²) < 4.78 is 0. The molecule has 0 fully saturated rings. The molecule has 1 aromatic carbocycles. The van der Waals surface area contributed by atoms with Crippen molar-refractivity contribution < 1.29 is 15.0 Å². The molecule has 0 saturated heterocycles. The number of aryl methyl sites for hydroxylation is 1. The number of hydrogen-bond acceptors (Lipinski definition) is 4. The Hall–Kier alpha value is -1.14. The van der Waals surface area contributed by atoms with Gasteiger partial charge in [-0.1, -0.05) is 17.7 Å². The van der Waals surface area contributed by atoms with Gasteiger partial charge in [0.15, 0.2) is 0 Å². The SMILES string of the molecule is Cc1ccc(NC(=O)CN(CCO)CCCO)cc1Cl. The summed E-state index contributed by atoms with van der Waals surface area (Å²) in [7, 11) is 0. The highest BCUT2D eigenvalue weighted by Gasteiger charge is 2.10. The predicted octanol–water partition coefficient (Wildman–Crippen LogP) is 1.26. The number of nitrogens with zero attached hydrogens (tertiary/aromatic N) is 1. The Balaban J connectivity index is 2.53. The molecule has 1 rings (SSSR count). The average molecular weight is 301 g/mol. The van der Waals surface area contributed by atoms with E-state index in [4.69, 9.17) is 21.8 Å². The quantitative estimate of drug-likeness (QED) is 0.676. The molecule has 0 saturated carbocycles. The number of anilines is 1. The van der Waals surface area contributed by atoms with Gasteiger partial charge in [-0.05, 0) is 31.0 Å². The van der Waals surface area contributed by atoms with Crippen molar-refractivity contribution in [3.8, 4) is 0 Å². The van der Waals surface area contributed by atoms with Crippen molar-refractivity contribution in [3.63, 3.8) is 0 Å². The first-order valence-electron chi connectivity index (χ1n) is 6.57. The maximum Gasteiger partial charge on any atom is 0.238 e. The number of rotatable bonds is 8. The minimum absolute atomic E-state index is 0.0188. The summed E-state index contributed by atoms with van der Waals surface area (Å²) in [5.74, 6) is -0.170. The minimum atomic E-state index is -0.170. The molecule has 6 heteroatoms. The second kappa shape index (κ2) is 8.92. The zero-order valence-corrected chi connectivity index (χ0v) is 12.4. The molecule has 1 aromatic rings. The fraction of sp³-hybridized carbons (Fsp3) is 0.500. The number of amides is 1. The van der Waals surface area contributed by atoms with E-state index in [2.05, 4.69) is 5.32 Å². The van der Waals surface area contributed by atoms with Gasteiger partial charge in [-0.15, -0.1) is 0 Å². The van der Waals surface area contributed by atoms with Crippen LogP contribution in [0.3, 0.4) is 0 Å². The van der Waals surface area contributed by atoms with Gasteiger partial charge in [-0.3, -0.25) is 9.69 Å². The fourth-order valence-corrected chi connectivity index (χ4v) is 1.96. The molecule has 0 unspecified atom stereocenters. The Labute approximate surface area is 124 Å². The van der Waals surface area contributed by atoms with E-state index in [1.807, 2.05) is 13.0 Å². The molecule has 5 nitrogen and oxygen atoms in total. The lowest BCUT2D eigenvalue weighted by atomic mass is 10.2. The topological polar surface area (TPSA) is 72.8 Å². The molecule has 0 aliphatic heterocycles. The molecule has 20 heavy (non-hydrogen) atoms. The van der Waals surface area contributed by atoms with Crippen LogP contribution in [0.25, 0.3) is 0 Å². The summed E-state index contributed by atoms with van der Waals surface area (Å²) in [6.45, 7) is 3.09. The monoisotopic (exact) mass is 300 g/mol. The molecule has 1 amide bonds. The largest absolute Gasteiger partial charge is 0.396 e. The number of nitrogens with one attached hydrogen (secondary N) is 1. The summed E-state index contributed by atoms with van der Waals surface area (Å²) in [4.78, 5) is 13.7. The second-order valence-electron chi connectivity index (χ2n) is 4.59. The Morgan fingerprint density at radius 1 is 1.30 bits per heavy atom. The lowest BCUT2D eigenvalue weighted by Crippen LogP contribution is -2.36. The smallest absolute Gasteiger partial charge is 0.238 e. The van der Waals surface area contributed by atoms with E-state index in [9.17, 15) is 4.79 Å². The lowest BCUT2D eigenvalue weighted by Gasteiger charge is -2.20. The van der Waals surface area contributed by atoms with Crippen LogP contribution in [0.15, 0.2) is 18.2 Å². The first-order chi connectivity index (χ1) is 9.56. The van der Waals surface area contributed by atoms with E-state index in [0.29, 0.717) is 30.2 Å². The zero-order valence-electron chi connectivity index (χ0n) is 11.6. The third-order valence-electron chi connectivity index (χ3n) is 2.87. The highest BCUT2D eigenvalue weighted by molar-refractivity contribution is 6.31. The van der Waals surface area contributed by atoms with Crippen LogP contribution in [0.5, 0.6) is 0 Å². The fourth-order valence-electron chi connectivity index (χ4n) is 1.78. The van der Waals surface area contributed by atoms with Crippen molar-refractivity contribution in [2.24, 2.45) is 0 Å². The molecule has 0 bridgehead atoms. The first kappa shape index (κ1) is 16.9. The average Bonchev–Trinajstić information content (AvgIpc) is 2.40.